The van der Waals surface area contributed by atoms with Gasteiger partial charge in [-0.3, -0.25) is 0 Å². The third-order valence-electron chi connectivity index (χ3n) is 4.73. The van der Waals surface area contributed by atoms with E-state index in [1.54, 1.807) is 11.3 Å². The predicted octanol–water partition coefficient (Wildman–Crippen LogP) is 6.14. The molecular formula is C20H12N2OS. The number of benzene rings is 3. The Morgan fingerprint density at radius 3 is 2.67 bits per heavy atom. The first-order valence-corrected chi connectivity index (χ1v) is 8.73. The molecule has 0 radical (unpaired) electrons. The number of nitrogens with one attached hydrogen (secondary N) is 1. The Bertz CT molecular complexity index is 1310. The average molecular weight is 328 g/mol. The minimum Gasteiger partial charge on any atom is -0.454 e. The maximum atomic E-state index is 6.26. The first kappa shape index (κ1) is 12.6. The molecule has 0 spiro atoms. The molecule has 0 saturated carbocycles. The van der Waals surface area contributed by atoms with Crippen molar-refractivity contribution < 1.29 is 4.42 Å². The summed E-state index contributed by atoms with van der Waals surface area (Å²) in [6, 6.07) is 16.6. The molecule has 0 amide bonds. The van der Waals surface area contributed by atoms with Gasteiger partial charge in [-0.2, -0.15) is 0 Å². The van der Waals surface area contributed by atoms with Gasteiger partial charge < -0.3 is 9.40 Å². The van der Waals surface area contributed by atoms with Crippen LogP contribution >= 0.6 is 11.3 Å². The van der Waals surface area contributed by atoms with Crippen LogP contribution in [0.2, 0.25) is 0 Å². The van der Waals surface area contributed by atoms with E-state index in [1.807, 2.05) is 12.1 Å². The van der Waals surface area contributed by atoms with Crippen molar-refractivity contribution in [3.05, 3.63) is 53.5 Å². The van der Waals surface area contributed by atoms with E-state index in [-0.39, 0.29) is 0 Å². The highest BCUT2D eigenvalue weighted by Crippen LogP contribution is 2.44. The van der Waals surface area contributed by atoms with Crippen LogP contribution in [0.4, 0.5) is 0 Å². The van der Waals surface area contributed by atoms with Gasteiger partial charge in [-0.05, 0) is 19.1 Å². The number of nitrogens with zero attached hydrogens (tertiary/aromatic N) is 1. The second-order valence-electron chi connectivity index (χ2n) is 6.13. The van der Waals surface area contributed by atoms with Gasteiger partial charge >= 0.3 is 0 Å². The summed E-state index contributed by atoms with van der Waals surface area (Å²) in [6.07, 6.45) is 0. The number of H-pyrrole nitrogens is 1. The Hall–Kier alpha value is -2.85. The fourth-order valence-electron chi connectivity index (χ4n) is 3.77. The molecule has 0 aliphatic carbocycles. The van der Waals surface area contributed by atoms with E-state index in [2.05, 4.69) is 48.3 Å². The van der Waals surface area contributed by atoms with Crippen LogP contribution in [-0.4, -0.2) is 9.97 Å². The van der Waals surface area contributed by atoms with Crippen molar-refractivity contribution in [2.24, 2.45) is 0 Å². The molecule has 0 atom stereocenters. The Morgan fingerprint density at radius 2 is 1.75 bits per heavy atom. The number of hydrogen-bond donors (Lipinski definition) is 1. The van der Waals surface area contributed by atoms with E-state index in [4.69, 9.17) is 9.40 Å². The number of thiazole rings is 1. The zero-order chi connectivity index (χ0) is 15.8. The van der Waals surface area contributed by atoms with Crippen molar-refractivity contribution in [2.45, 2.75) is 6.92 Å². The molecule has 6 rings (SSSR count). The lowest BCUT2D eigenvalue weighted by atomic mass is 10.1. The van der Waals surface area contributed by atoms with Gasteiger partial charge in [0.1, 0.15) is 5.58 Å². The molecule has 3 aromatic heterocycles. The molecule has 0 bridgehead atoms. The van der Waals surface area contributed by atoms with Crippen LogP contribution in [-0.2, 0) is 0 Å². The SMILES string of the molecule is Cc1nc2c(s1)c1c3ccccc3oc1c1[nH]c3ccccc3c21. The van der Waals surface area contributed by atoms with Crippen molar-refractivity contribution in [3.8, 4) is 0 Å². The molecule has 6 aromatic rings. The van der Waals surface area contributed by atoms with Crippen molar-refractivity contribution in [3.63, 3.8) is 0 Å². The topological polar surface area (TPSA) is 41.8 Å². The van der Waals surface area contributed by atoms with Crippen LogP contribution in [0, 0.1) is 6.92 Å². The molecule has 3 aromatic carbocycles. The normalized spacial score (nSPS) is 12.4. The number of aromatic amines is 1. The summed E-state index contributed by atoms with van der Waals surface area (Å²) in [6.45, 7) is 2.07. The summed E-state index contributed by atoms with van der Waals surface area (Å²) < 4.78 is 7.47. The molecular weight excluding hydrogens is 316 g/mol. The highest BCUT2D eigenvalue weighted by atomic mass is 32.1. The van der Waals surface area contributed by atoms with Gasteiger partial charge in [0.15, 0.2) is 5.58 Å². The summed E-state index contributed by atoms with van der Waals surface area (Å²) in [5, 5.41) is 5.77. The molecule has 0 saturated heterocycles. The lowest BCUT2D eigenvalue weighted by Crippen LogP contribution is -1.76. The largest absolute Gasteiger partial charge is 0.454 e. The van der Waals surface area contributed by atoms with Crippen molar-refractivity contribution in [2.75, 3.05) is 0 Å². The molecule has 24 heavy (non-hydrogen) atoms. The van der Waals surface area contributed by atoms with Crippen LogP contribution in [0.15, 0.2) is 52.9 Å². The fraction of sp³-hybridized carbons (Fsp3) is 0.0500. The Morgan fingerprint density at radius 1 is 0.958 bits per heavy atom. The minimum absolute atomic E-state index is 0.922. The molecule has 1 N–H and O–H groups in total. The van der Waals surface area contributed by atoms with Gasteiger partial charge in [-0.25, -0.2) is 4.98 Å². The third-order valence-corrected chi connectivity index (χ3v) is 5.71. The van der Waals surface area contributed by atoms with Gasteiger partial charge in [0.2, 0.25) is 0 Å². The van der Waals surface area contributed by atoms with E-state index < -0.39 is 0 Å². The maximum absolute atomic E-state index is 6.26. The molecule has 3 nitrogen and oxygen atoms in total. The van der Waals surface area contributed by atoms with E-state index >= 15 is 0 Å². The smallest absolute Gasteiger partial charge is 0.161 e. The lowest BCUT2D eigenvalue weighted by Gasteiger charge is -1.96. The summed E-state index contributed by atoms with van der Waals surface area (Å²) >= 11 is 1.74. The minimum atomic E-state index is 0.922. The summed E-state index contributed by atoms with van der Waals surface area (Å²) in [5.74, 6) is 0. The van der Waals surface area contributed by atoms with E-state index in [9.17, 15) is 0 Å². The van der Waals surface area contributed by atoms with E-state index in [0.29, 0.717) is 0 Å². The summed E-state index contributed by atoms with van der Waals surface area (Å²) in [5.41, 5.74) is 5.08. The average Bonchev–Trinajstić information content (AvgIpc) is 3.25. The van der Waals surface area contributed by atoms with Crippen LogP contribution in [0.25, 0.3) is 54.0 Å². The standard InChI is InChI=1S/C20H12N2OS/c1-10-21-18-15-11-6-2-4-8-13(11)22-17(15)19-16(20(18)24-10)12-7-3-5-9-14(12)23-19/h2-9,22H,1H3. The maximum Gasteiger partial charge on any atom is 0.161 e. The predicted molar refractivity (Wildman–Crippen MR) is 101 cm³/mol. The number of furan rings is 1. The molecule has 0 fully saturated rings. The molecule has 4 heteroatoms. The second kappa shape index (κ2) is 4.16. The molecule has 3 heterocycles. The number of aromatic nitrogens is 2. The Balaban J connectivity index is 2.07. The molecule has 0 aliphatic heterocycles. The Labute approximate surface area is 140 Å². The van der Waals surface area contributed by atoms with Gasteiger partial charge in [-0.15, -0.1) is 11.3 Å². The van der Waals surface area contributed by atoms with Crippen molar-refractivity contribution in [1.29, 1.82) is 0 Å². The fourth-order valence-corrected chi connectivity index (χ4v) is 4.75. The lowest BCUT2D eigenvalue weighted by molar-refractivity contribution is 0.672. The number of rotatable bonds is 0. The molecule has 114 valence electrons. The van der Waals surface area contributed by atoms with Gasteiger partial charge in [0.25, 0.3) is 0 Å². The van der Waals surface area contributed by atoms with Crippen LogP contribution < -0.4 is 0 Å². The molecule has 0 unspecified atom stereocenters. The number of aryl methyl sites for hydroxylation is 1. The Kier molecular flexibility index (Phi) is 2.18. The highest BCUT2D eigenvalue weighted by Gasteiger charge is 2.21. The first-order valence-electron chi connectivity index (χ1n) is 7.92. The van der Waals surface area contributed by atoms with Crippen molar-refractivity contribution >= 4 is 65.3 Å². The van der Waals surface area contributed by atoms with Gasteiger partial charge in [0.05, 0.1) is 20.7 Å². The van der Waals surface area contributed by atoms with Crippen LogP contribution in [0.3, 0.4) is 0 Å². The van der Waals surface area contributed by atoms with E-state index in [1.165, 1.54) is 15.5 Å². The van der Waals surface area contributed by atoms with Crippen LogP contribution in [0.5, 0.6) is 0 Å². The molecule has 0 aliphatic rings. The third kappa shape index (κ3) is 1.40. The van der Waals surface area contributed by atoms with Crippen molar-refractivity contribution in [1.82, 2.24) is 9.97 Å². The summed E-state index contributed by atoms with van der Waals surface area (Å²) in [7, 11) is 0. The first-order chi connectivity index (χ1) is 11.8. The number of fused-ring (bicyclic) bond motifs is 10. The van der Waals surface area contributed by atoms with E-state index in [0.717, 1.165) is 43.5 Å². The zero-order valence-electron chi connectivity index (χ0n) is 12.9. The summed E-state index contributed by atoms with van der Waals surface area (Å²) in [4.78, 5) is 8.41. The zero-order valence-corrected chi connectivity index (χ0v) is 13.7. The van der Waals surface area contributed by atoms with Gasteiger partial charge in [0, 0.05) is 27.1 Å². The van der Waals surface area contributed by atoms with Gasteiger partial charge in [-0.1, -0.05) is 36.4 Å². The quantitative estimate of drug-likeness (QED) is 0.364. The van der Waals surface area contributed by atoms with Crippen LogP contribution in [0.1, 0.15) is 5.01 Å². The monoisotopic (exact) mass is 328 g/mol. The second-order valence-corrected chi connectivity index (χ2v) is 7.34. The number of para-hydroxylation sites is 2. The number of hydrogen-bond acceptors (Lipinski definition) is 3. The highest BCUT2D eigenvalue weighted by molar-refractivity contribution is 7.19.